The minimum absolute atomic E-state index is 0.122. The number of hydrogen-bond acceptors (Lipinski definition) is 7. The van der Waals surface area contributed by atoms with Crippen molar-refractivity contribution in [1.29, 1.82) is 0 Å². The van der Waals surface area contributed by atoms with Gasteiger partial charge in [-0.3, -0.25) is 0 Å². The number of imidazole rings is 1. The van der Waals surface area contributed by atoms with Gasteiger partial charge in [0.05, 0.1) is 23.8 Å². The SMILES string of the molecule is Fc1cccc(F)c1CNc1nc2nc(O[C@@H]3CO[C@H]4[C@@H]3OC[C@H]4OCC(F)F)[nH]c2cc1Cl. The molecule has 0 bridgehead atoms. The highest BCUT2D eigenvalue weighted by molar-refractivity contribution is 6.33. The number of nitrogens with one attached hydrogen (secondary N) is 2. The first kappa shape index (κ1) is 23.1. The fourth-order valence-corrected chi connectivity index (χ4v) is 4.18. The predicted octanol–water partition coefficient (Wildman–Crippen LogP) is 3.70. The molecule has 0 saturated carbocycles. The molecule has 2 aromatic heterocycles. The highest BCUT2D eigenvalue weighted by Crippen LogP contribution is 2.32. The molecule has 34 heavy (non-hydrogen) atoms. The Hall–Kier alpha value is -2.67. The molecule has 2 aliphatic heterocycles. The zero-order valence-corrected chi connectivity index (χ0v) is 18.2. The van der Waals surface area contributed by atoms with Gasteiger partial charge in [0.15, 0.2) is 11.8 Å². The molecule has 0 amide bonds. The maximum absolute atomic E-state index is 13.9. The van der Waals surface area contributed by atoms with Crippen molar-refractivity contribution in [2.45, 2.75) is 37.4 Å². The van der Waals surface area contributed by atoms with E-state index in [-0.39, 0.29) is 47.8 Å². The molecule has 13 heteroatoms. The molecule has 0 aliphatic carbocycles. The molecule has 2 aliphatic rings. The number of pyridine rings is 1. The van der Waals surface area contributed by atoms with Crippen molar-refractivity contribution in [3.8, 4) is 6.01 Å². The lowest BCUT2D eigenvalue weighted by Gasteiger charge is -2.16. The Balaban J connectivity index is 1.26. The molecule has 1 aromatic carbocycles. The minimum Gasteiger partial charge on any atom is -0.456 e. The molecule has 5 rings (SSSR count). The summed E-state index contributed by atoms with van der Waals surface area (Å²) in [6.07, 6.45) is -4.73. The summed E-state index contributed by atoms with van der Waals surface area (Å²) >= 11 is 6.26. The van der Waals surface area contributed by atoms with Gasteiger partial charge >= 0.3 is 0 Å². The Morgan fingerprint density at radius 1 is 1.12 bits per heavy atom. The van der Waals surface area contributed by atoms with Crippen LogP contribution in [0.25, 0.3) is 11.2 Å². The molecule has 0 radical (unpaired) electrons. The fraction of sp³-hybridized carbons (Fsp3) is 0.429. The second-order valence-electron chi connectivity index (χ2n) is 7.80. The summed E-state index contributed by atoms with van der Waals surface area (Å²) in [7, 11) is 0. The van der Waals surface area contributed by atoms with Crippen LogP contribution in [-0.2, 0) is 20.8 Å². The first-order valence-electron chi connectivity index (χ1n) is 10.4. The number of rotatable bonds is 8. The Bertz CT molecular complexity index is 1160. The van der Waals surface area contributed by atoms with Crippen molar-refractivity contribution in [2.75, 3.05) is 25.1 Å². The van der Waals surface area contributed by atoms with Crippen LogP contribution >= 0.6 is 11.6 Å². The molecule has 182 valence electrons. The third-order valence-corrected chi connectivity index (χ3v) is 5.85. The normalized spacial score (nSPS) is 24.2. The average molecular weight is 503 g/mol. The first-order valence-corrected chi connectivity index (χ1v) is 10.8. The summed E-state index contributed by atoms with van der Waals surface area (Å²) < 4.78 is 74.9. The zero-order valence-electron chi connectivity index (χ0n) is 17.4. The van der Waals surface area contributed by atoms with Crippen molar-refractivity contribution in [2.24, 2.45) is 0 Å². The van der Waals surface area contributed by atoms with Crippen LogP contribution in [0.15, 0.2) is 24.3 Å². The number of aromatic nitrogens is 3. The van der Waals surface area contributed by atoms with Crippen LogP contribution < -0.4 is 10.1 Å². The molecular formula is C21H19ClF4N4O4. The highest BCUT2D eigenvalue weighted by Gasteiger charge is 2.50. The number of H-pyrrole nitrogens is 1. The van der Waals surface area contributed by atoms with Gasteiger partial charge in [-0.25, -0.2) is 22.5 Å². The van der Waals surface area contributed by atoms with Gasteiger partial charge in [-0.15, -0.1) is 0 Å². The molecule has 0 unspecified atom stereocenters. The number of aromatic amines is 1. The van der Waals surface area contributed by atoms with Gasteiger partial charge in [0.25, 0.3) is 12.4 Å². The standard InChI is InChI=1S/C21H19ClF4N4O4/c22-10-4-13-20(29-19(10)27-5-9-11(23)2-1-3-12(9)24)30-21(28-13)34-15-7-33-17-14(6-32-18(15)17)31-8-16(25)26/h1-4,14-18H,5-8H2,(H2,27,28,29,30)/t14-,15-,17-,18-/m1/s1. The van der Waals surface area contributed by atoms with Gasteiger partial charge in [0.1, 0.15) is 42.4 Å². The molecule has 2 fully saturated rings. The molecule has 8 nitrogen and oxygen atoms in total. The van der Waals surface area contributed by atoms with Crippen LogP contribution in [0.5, 0.6) is 6.01 Å². The van der Waals surface area contributed by atoms with Crippen LogP contribution in [0.4, 0.5) is 23.4 Å². The van der Waals surface area contributed by atoms with Crippen LogP contribution in [0, 0.1) is 11.6 Å². The van der Waals surface area contributed by atoms with Gasteiger partial charge in [-0.1, -0.05) is 17.7 Å². The van der Waals surface area contributed by atoms with E-state index in [9.17, 15) is 17.6 Å². The van der Waals surface area contributed by atoms with E-state index in [1.807, 2.05) is 0 Å². The van der Waals surface area contributed by atoms with Crippen LogP contribution in [0.1, 0.15) is 5.56 Å². The number of nitrogens with zero attached hydrogens (tertiary/aromatic N) is 2. The molecule has 2 saturated heterocycles. The van der Waals surface area contributed by atoms with Gasteiger partial charge < -0.3 is 29.2 Å². The third kappa shape index (κ3) is 4.63. The van der Waals surface area contributed by atoms with E-state index in [0.717, 1.165) is 12.1 Å². The maximum Gasteiger partial charge on any atom is 0.296 e. The van der Waals surface area contributed by atoms with Gasteiger partial charge in [0, 0.05) is 12.1 Å². The highest BCUT2D eigenvalue weighted by atomic mass is 35.5. The Kier molecular flexibility index (Phi) is 6.47. The van der Waals surface area contributed by atoms with Gasteiger partial charge in [-0.05, 0) is 18.2 Å². The molecule has 0 spiro atoms. The Labute approximate surface area is 195 Å². The lowest BCUT2D eigenvalue weighted by atomic mass is 10.1. The number of ether oxygens (including phenoxy) is 4. The number of alkyl halides is 2. The van der Waals surface area contributed by atoms with E-state index in [4.69, 9.17) is 30.5 Å². The number of hydrogen-bond donors (Lipinski definition) is 2. The minimum atomic E-state index is -2.58. The smallest absolute Gasteiger partial charge is 0.296 e. The third-order valence-electron chi connectivity index (χ3n) is 5.56. The summed E-state index contributed by atoms with van der Waals surface area (Å²) in [5.74, 6) is -1.18. The average Bonchev–Trinajstić information content (AvgIpc) is 3.48. The first-order chi connectivity index (χ1) is 16.4. The summed E-state index contributed by atoms with van der Waals surface area (Å²) in [4.78, 5) is 11.5. The molecular weight excluding hydrogens is 484 g/mol. The predicted molar refractivity (Wildman–Crippen MR) is 112 cm³/mol. The lowest BCUT2D eigenvalue weighted by molar-refractivity contribution is -0.0700. The van der Waals surface area contributed by atoms with Crippen LogP contribution in [0.2, 0.25) is 5.02 Å². The maximum atomic E-state index is 13.9. The van der Waals surface area contributed by atoms with Crippen molar-refractivity contribution < 1.29 is 36.5 Å². The zero-order chi connectivity index (χ0) is 23.8. The Morgan fingerprint density at radius 2 is 1.82 bits per heavy atom. The monoisotopic (exact) mass is 502 g/mol. The second kappa shape index (κ2) is 9.53. The quantitative estimate of drug-likeness (QED) is 0.454. The summed E-state index contributed by atoms with van der Waals surface area (Å²) in [6.45, 7) is -0.575. The fourth-order valence-electron chi connectivity index (χ4n) is 3.96. The number of halogens is 5. The number of benzene rings is 1. The van der Waals surface area contributed by atoms with Crippen molar-refractivity contribution in [1.82, 2.24) is 15.0 Å². The van der Waals surface area contributed by atoms with Gasteiger partial charge in [0.2, 0.25) is 0 Å². The van der Waals surface area contributed by atoms with E-state index >= 15 is 0 Å². The van der Waals surface area contributed by atoms with Gasteiger partial charge in [-0.2, -0.15) is 4.98 Å². The Morgan fingerprint density at radius 3 is 2.56 bits per heavy atom. The summed E-state index contributed by atoms with van der Waals surface area (Å²) in [5.41, 5.74) is 0.593. The van der Waals surface area contributed by atoms with E-state index < -0.39 is 49.1 Å². The number of fused-ring (bicyclic) bond motifs is 2. The summed E-state index contributed by atoms with van der Waals surface area (Å²) in [5, 5.41) is 3.03. The van der Waals surface area contributed by atoms with Crippen LogP contribution in [-0.4, -0.2) is 65.6 Å². The van der Waals surface area contributed by atoms with Crippen LogP contribution in [0.3, 0.4) is 0 Å². The van der Waals surface area contributed by atoms with E-state index in [1.165, 1.54) is 6.07 Å². The molecule has 4 atom stereocenters. The summed E-state index contributed by atoms with van der Waals surface area (Å²) in [6, 6.07) is 5.28. The number of anilines is 1. The topological polar surface area (TPSA) is 90.5 Å². The van der Waals surface area contributed by atoms with Crippen molar-refractivity contribution >= 4 is 28.6 Å². The molecule has 4 heterocycles. The largest absolute Gasteiger partial charge is 0.456 e. The molecule has 2 N–H and O–H groups in total. The van der Waals surface area contributed by atoms with E-state index in [1.54, 1.807) is 6.07 Å². The van der Waals surface area contributed by atoms with E-state index in [2.05, 4.69) is 20.3 Å². The molecule has 3 aromatic rings. The lowest BCUT2D eigenvalue weighted by Crippen LogP contribution is -2.36. The van der Waals surface area contributed by atoms with Crippen molar-refractivity contribution in [3.05, 3.63) is 46.5 Å². The second-order valence-corrected chi connectivity index (χ2v) is 8.21. The van der Waals surface area contributed by atoms with E-state index in [0.29, 0.717) is 5.52 Å². The van der Waals surface area contributed by atoms with Crippen molar-refractivity contribution in [3.63, 3.8) is 0 Å².